The molecule has 0 aliphatic carbocycles. The van der Waals surface area contributed by atoms with E-state index in [1.54, 1.807) is 14.0 Å². The smallest absolute Gasteiger partial charge is 0.334 e. The van der Waals surface area contributed by atoms with Gasteiger partial charge in [-0.3, -0.25) is 0 Å². The average Bonchev–Trinajstić information content (AvgIpc) is 2.36. The highest BCUT2D eigenvalue weighted by Gasteiger charge is 2.15. The second kappa shape index (κ2) is 6.91. The summed E-state index contributed by atoms with van der Waals surface area (Å²) in [5, 5.41) is 9.51. The Morgan fingerprint density at radius 1 is 1.35 bits per heavy atom. The topological polar surface area (TPSA) is 55.8 Å². The van der Waals surface area contributed by atoms with Gasteiger partial charge in [-0.2, -0.15) is 0 Å². The van der Waals surface area contributed by atoms with Crippen molar-refractivity contribution in [2.24, 2.45) is 0 Å². The molecular formula is C13H18O4. The maximum Gasteiger partial charge on any atom is 0.334 e. The van der Waals surface area contributed by atoms with Gasteiger partial charge in [-0.05, 0) is 37.5 Å². The van der Waals surface area contributed by atoms with Crippen LogP contribution in [0.1, 0.15) is 18.9 Å². The van der Waals surface area contributed by atoms with E-state index < -0.39 is 12.1 Å². The Balaban J connectivity index is 2.41. The normalized spacial score (nSPS) is 11.9. The van der Waals surface area contributed by atoms with Crippen molar-refractivity contribution in [1.82, 2.24) is 0 Å². The van der Waals surface area contributed by atoms with E-state index in [4.69, 9.17) is 9.47 Å². The van der Waals surface area contributed by atoms with Crippen molar-refractivity contribution in [3.05, 3.63) is 29.8 Å². The number of ether oxygens (including phenoxy) is 2. The summed E-state index contributed by atoms with van der Waals surface area (Å²) in [6.45, 7) is 2.01. The number of methoxy groups -OCH3 is 1. The van der Waals surface area contributed by atoms with Gasteiger partial charge in [0.25, 0.3) is 0 Å². The molecule has 1 aromatic rings. The first-order valence-electron chi connectivity index (χ1n) is 5.65. The molecule has 0 radical (unpaired) electrons. The molecule has 0 bridgehead atoms. The number of aryl methyl sites for hydroxylation is 1. The maximum atomic E-state index is 11.2. The van der Waals surface area contributed by atoms with Gasteiger partial charge < -0.3 is 14.6 Å². The number of benzene rings is 1. The lowest BCUT2D eigenvalue weighted by Gasteiger charge is -2.09. The van der Waals surface area contributed by atoms with Crippen LogP contribution in [0, 0.1) is 0 Å². The van der Waals surface area contributed by atoms with Crippen LogP contribution in [0.4, 0.5) is 0 Å². The van der Waals surface area contributed by atoms with E-state index in [2.05, 4.69) is 0 Å². The SMILES string of the molecule is CCOC(=O)[C@H](O)CCc1ccc(OC)cc1. The highest BCUT2D eigenvalue weighted by atomic mass is 16.5. The van der Waals surface area contributed by atoms with Crippen LogP contribution < -0.4 is 4.74 Å². The number of aliphatic hydroxyl groups excluding tert-OH is 1. The molecule has 0 spiro atoms. The summed E-state index contributed by atoms with van der Waals surface area (Å²) in [6, 6.07) is 7.53. The average molecular weight is 238 g/mol. The van der Waals surface area contributed by atoms with Crippen LogP contribution in [0.15, 0.2) is 24.3 Å². The Labute approximate surface area is 101 Å². The number of carbonyl (C=O) groups excluding carboxylic acids is 1. The van der Waals surface area contributed by atoms with Gasteiger partial charge in [-0.25, -0.2) is 4.79 Å². The summed E-state index contributed by atoms with van der Waals surface area (Å²) in [6.07, 6.45) is -0.0492. The minimum Gasteiger partial charge on any atom is -0.497 e. The van der Waals surface area contributed by atoms with Crippen molar-refractivity contribution in [2.75, 3.05) is 13.7 Å². The lowest BCUT2D eigenvalue weighted by atomic mass is 10.1. The number of rotatable bonds is 6. The van der Waals surface area contributed by atoms with Gasteiger partial charge in [-0.1, -0.05) is 12.1 Å². The molecule has 0 heterocycles. The van der Waals surface area contributed by atoms with Crippen molar-refractivity contribution in [3.8, 4) is 5.75 Å². The molecular weight excluding hydrogens is 220 g/mol. The summed E-state index contributed by atoms with van der Waals surface area (Å²) in [7, 11) is 1.61. The molecule has 0 unspecified atom stereocenters. The second-order valence-corrected chi connectivity index (χ2v) is 3.65. The molecule has 1 rings (SSSR count). The first-order valence-corrected chi connectivity index (χ1v) is 5.65. The Hall–Kier alpha value is -1.55. The lowest BCUT2D eigenvalue weighted by molar-refractivity contribution is -0.153. The zero-order valence-electron chi connectivity index (χ0n) is 10.2. The molecule has 1 N–H and O–H groups in total. The molecule has 17 heavy (non-hydrogen) atoms. The van der Waals surface area contributed by atoms with E-state index in [1.807, 2.05) is 24.3 Å². The van der Waals surface area contributed by atoms with E-state index >= 15 is 0 Å². The highest BCUT2D eigenvalue weighted by Crippen LogP contribution is 2.13. The van der Waals surface area contributed by atoms with E-state index in [9.17, 15) is 9.90 Å². The maximum absolute atomic E-state index is 11.2. The Bertz CT molecular complexity index is 345. The fourth-order valence-corrected chi connectivity index (χ4v) is 1.45. The highest BCUT2D eigenvalue weighted by molar-refractivity contribution is 5.74. The quantitative estimate of drug-likeness (QED) is 0.764. The number of hydrogen-bond donors (Lipinski definition) is 1. The van der Waals surface area contributed by atoms with Crippen molar-refractivity contribution in [3.63, 3.8) is 0 Å². The van der Waals surface area contributed by atoms with E-state index in [0.717, 1.165) is 11.3 Å². The molecule has 0 aliphatic rings. The van der Waals surface area contributed by atoms with Crippen LogP contribution in [0.2, 0.25) is 0 Å². The molecule has 94 valence electrons. The lowest BCUT2D eigenvalue weighted by Crippen LogP contribution is -2.23. The third-order valence-corrected chi connectivity index (χ3v) is 2.42. The number of hydrogen-bond acceptors (Lipinski definition) is 4. The zero-order valence-corrected chi connectivity index (χ0v) is 10.2. The number of esters is 1. The third-order valence-electron chi connectivity index (χ3n) is 2.42. The van der Waals surface area contributed by atoms with Crippen LogP contribution in [0.5, 0.6) is 5.75 Å². The monoisotopic (exact) mass is 238 g/mol. The fraction of sp³-hybridized carbons (Fsp3) is 0.462. The first-order chi connectivity index (χ1) is 8.17. The molecule has 0 amide bonds. The van der Waals surface area contributed by atoms with Crippen LogP contribution >= 0.6 is 0 Å². The van der Waals surface area contributed by atoms with Crippen LogP contribution in [0.25, 0.3) is 0 Å². The van der Waals surface area contributed by atoms with E-state index in [-0.39, 0.29) is 0 Å². The summed E-state index contributed by atoms with van der Waals surface area (Å²) in [5.74, 6) is 0.237. The van der Waals surface area contributed by atoms with Gasteiger partial charge in [0.2, 0.25) is 0 Å². The second-order valence-electron chi connectivity index (χ2n) is 3.65. The molecule has 0 aromatic heterocycles. The Morgan fingerprint density at radius 2 is 2.00 bits per heavy atom. The summed E-state index contributed by atoms with van der Waals surface area (Å²) < 4.78 is 9.76. The fourth-order valence-electron chi connectivity index (χ4n) is 1.45. The minimum atomic E-state index is -1.04. The molecule has 0 fully saturated rings. The van der Waals surface area contributed by atoms with Crippen LogP contribution in [-0.4, -0.2) is 30.9 Å². The standard InChI is InChI=1S/C13H18O4/c1-3-17-13(15)12(14)9-6-10-4-7-11(16-2)8-5-10/h4-5,7-8,12,14H,3,6,9H2,1-2H3/t12-/m1/s1. The van der Waals surface area contributed by atoms with Crippen LogP contribution in [-0.2, 0) is 16.0 Å². The molecule has 0 saturated heterocycles. The van der Waals surface area contributed by atoms with Crippen molar-refractivity contribution in [2.45, 2.75) is 25.9 Å². The summed E-state index contributed by atoms with van der Waals surface area (Å²) in [5.41, 5.74) is 1.05. The molecule has 1 atom stereocenters. The third kappa shape index (κ3) is 4.44. The van der Waals surface area contributed by atoms with Crippen LogP contribution in [0.3, 0.4) is 0 Å². The number of carbonyl (C=O) groups is 1. The van der Waals surface area contributed by atoms with Crippen molar-refractivity contribution >= 4 is 5.97 Å². The van der Waals surface area contributed by atoms with Gasteiger partial charge in [0.1, 0.15) is 5.75 Å². The van der Waals surface area contributed by atoms with Gasteiger partial charge >= 0.3 is 5.97 Å². The zero-order chi connectivity index (χ0) is 12.7. The number of aliphatic hydroxyl groups is 1. The summed E-state index contributed by atoms with van der Waals surface area (Å²) >= 11 is 0. The van der Waals surface area contributed by atoms with Gasteiger partial charge in [0.05, 0.1) is 13.7 Å². The predicted octanol–water partition coefficient (Wildman–Crippen LogP) is 1.55. The Morgan fingerprint density at radius 3 is 2.53 bits per heavy atom. The van der Waals surface area contributed by atoms with E-state index in [0.29, 0.717) is 19.4 Å². The van der Waals surface area contributed by atoms with Gasteiger partial charge in [0.15, 0.2) is 6.10 Å². The van der Waals surface area contributed by atoms with E-state index in [1.165, 1.54) is 0 Å². The summed E-state index contributed by atoms with van der Waals surface area (Å²) in [4.78, 5) is 11.2. The minimum absolute atomic E-state index is 0.290. The van der Waals surface area contributed by atoms with Gasteiger partial charge in [0, 0.05) is 0 Å². The first kappa shape index (κ1) is 13.5. The van der Waals surface area contributed by atoms with Crippen molar-refractivity contribution in [1.29, 1.82) is 0 Å². The molecule has 0 saturated carbocycles. The molecule has 1 aromatic carbocycles. The molecule has 4 nitrogen and oxygen atoms in total. The molecule has 0 aliphatic heterocycles. The molecule has 4 heteroatoms. The predicted molar refractivity (Wildman–Crippen MR) is 64.0 cm³/mol. The van der Waals surface area contributed by atoms with Gasteiger partial charge in [-0.15, -0.1) is 0 Å². The van der Waals surface area contributed by atoms with Crippen molar-refractivity contribution < 1.29 is 19.4 Å². The Kier molecular flexibility index (Phi) is 5.49. The largest absolute Gasteiger partial charge is 0.497 e.